The zero-order valence-electron chi connectivity index (χ0n) is 12.6. The van der Waals surface area contributed by atoms with E-state index in [4.69, 9.17) is 4.74 Å². The van der Waals surface area contributed by atoms with Gasteiger partial charge in [0.1, 0.15) is 0 Å². The molecule has 0 unspecified atom stereocenters. The van der Waals surface area contributed by atoms with Crippen LogP contribution in [0.3, 0.4) is 0 Å². The average Bonchev–Trinajstić information content (AvgIpc) is 2.46. The van der Waals surface area contributed by atoms with Crippen molar-refractivity contribution in [2.24, 2.45) is 0 Å². The molecule has 5 heteroatoms. The van der Waals surface area contributed by atoms with E-state index in [0.29, 0.717) is 13.2 Å². The maximum atomic E-state index is 5.02. The fraction of sp³-hybridized carbons (Fsp3) is 0.375. The third kappa shape index (κ3) is 4.59. The number of ether oxygens (including phenoxy) is 1. The van der Waals surface area contributed by atoms with Crippen LogP contribution in [0.2, 0.25) is 0 Å². The van der Waals surface area contributed by atoms with E-state index >= 15 is 0 Å². The Morgan fingerprint density at radius 3 is 2.71 bits per heavy atom. The summed E-state index contributed by atoms with van der Waals surface area (Å²) in [5.41, 5.74) is 4.19. The van der Waals surface area contributed by atoms with Crippen LogP contribution >= 0.6 is 15.9 Å². The molecule has 112 valence electrons. The second-order valence-electron chi connectivity index (χ2n) is 4.96. The van der Waals surface area contributed by atoms with E-state index in [1.54, 1.807) is 7.11 Å². The van der Waals surface area contributed by atoms with Crippen LogP contribution in [0.5, 0.6) is 0 Å². The summed E-state index contributed by atoms with van der Waals surface area (Å²) in [6, 6.07) is 8.19. The number of rotatable bonds is 6. The smallest absolute Gasteiger partial charge is 0.159 e. The van der Waals surface area contributed by atoms with E-state index in [0.717, 1.165) is 33.8 Å². The number of nitrogens with one attached hydrogen (secondary N) is 1. The summed E-state index contributed by atoms with van der Waals surface area (Å²) in [6.07, 6.45) is 0. The SMILES string of the molecule is COCCNCc1cc(C)nc(-c2ccc(C)c(Br)c2)n1. The number of nitrogens with zero attached hydrogens (tertiary/aromatic N) is 2. The van der Waals surface area contributed by atoms with Crippen LogP contribution in [0.25, 0.3) is 11.4 Å². The Hall–Kier alpha value is -1.30. The minimum atomic E-state index is 0.696. The average molecular weight is 350 g/mol. The lowest BCUT2D eigenvalue weighted by atomic mass is 10.1. The van der Waals surface area contributed by atoms with Gasteiger partial charge < -0.3 is 10.1 Å². The molecule has 1 aromatic heterocycles. The van der Waals surface area contributed by atoms with E-state index in [1.165, 1.54) is 5.56 Å². The number of halogens is 1. The standard InChI is InChI=1S/C16H20BrN3O/c1-11-4-5-13(9-15(11)17)16-19-12(2)8-14(20-16)10-18-6-7-21-3/h4-5,8-9,18H,6-7,10H2,1-3H3. The van der Waals surface area contributed by atoms with Crippen molar-refractivity contribution in [3.05, 3.63) is 45.7 Å². The van der Waals surface area contributed by atoms with Gasteiger partial charge in [-0.2, -0.15) is 0 Å². The first-order chi connectivity index (χ1) is 10.1. The second kappa shape index (κ2) is 7.64. The van der Waals surface area contributed by atoms with E-state index in [2.05, 4.69) is 56.3 Å². The van der Waals surface area contributed by atoms with Crippen molar-refractivity contribution in [3.63, 3.8) is 0 Å². The highest BCUT2D eigenvalue weighted by molar-refractivity contribution is 9.10. The molecule has 0 amide bonds. The molecule has 0 atom stereocenters. The summed E-state index contributed by atoms with van der Waals surface area (Å²) in [4.78, 5) is 9.17. The van der Waals surface area contributed by atoms with Crippen molar-refractivity contribution in [1.82, 2.24) is 15.3 Å². The highest BCUT2D eigenvalue weighted by atomic mass is 79.9. The molecule has 0 saturated carbocycles. The number of hydrogen-bond acceptors (Lipinski definition) is 4. The van der Waals surface area contributed by atoms with E-state index in [9.17, 15) is 0 Å². The van der Waals surface area contributed by atoms with Gasteiger partial charge in [0.15, 0.2) is 5.82 Å². The molecule has 1 aromatic carbocycles. The predicted molar refractivity (Wildman–Crippen MR) is 88.2 cm³/mol. The van der Waals surface area contributed by atoms with Gasteiger partial charge in [-0.15, -0.1) is 0 Å². The number of aromatic nitrogens is 2. The van der Waals surface area contributed by atoms with E-state index in [1.807, 2.05) is 13.0 Å². The first-order valence-electron chi connectivity index (χ1n) is 6.91. The Kier molecular flexibility index (Phi) is 5.85. The normalized spacial score (nSPS) is 10.9. The monoisotopic (exact) mass is 349 g/mol. The zero-order chi connectivity index (χ0) is 15.2. The van der Waals surface area contributed by atoms with Crippen LogP contribution in [0, 0.1) is 13.8 Å². The molecule has 1 heterocycles. The molecular weight excluding hydrogens is 330 g/mol. The quantitative estimate of drug-likeness (QED) is 0.813. The van der Waals surface area contributed by atoms with Crippen LogP contribution in [0.4, 0.5) is 0 Å². The van der Waals surface area contributed by atoms with Crippen LogP contribution in [0.15, 0.2) is 28.7 Å². The Labute approximate surface area is 134 Å². The molecule has 0 aliphatic carbocycles. The van der Waals surface area contributed by atoms with Gasteiger partial charge in [0.05, 0.1) is 12.3 Å². The second-order valence-corrected chi connectivity index (χ2v) is 5.81. The van der Waals surface area contributed by atoms with Crippen molar-refractivity contribution >= 4 is 15.9 Å². The molecule has 2 aromatic rings. The molecule has 1 N–H and O–H groups in total. The van der Waals surface area contributed by atoms with Gasteiger partial charge in [-0.25, -0.2) is 9.97 Å². The lowest BCUT2D eigenvalue weighted by Crippen LogP contribution is -2.19. The van der Waals surface area contributed by atoms with Crippen molar-refractivity contribution in [1.29, 1.82) is 0 Å². The lowest BCUT2D eigenvalue weighted by molar-refractivity contribution is 0.199. The van der Waals surface area contributed by atoms with E-state index in [-0.39, 0.29) is 0 Å². The van der Waals surface area contributed by atoms with Crippen molar-refractivity contribution in [2.45, 2.75) is 20.4 Å². The fourth-order valence-corrected chi connectivity index (χ4v) is 2.35. The fourth-order valence-electron chi connectivity index (χ4n) is 1.98. The topological polar surface area (TPSA) is 47.0 Å². The Morgan fingerprint density at radius 1 is 1.19 bits per heavy atom. The van der Waals surface area contributed by atoms with E-state index < -0.39 is 0 Å². The summed E-state index contributed by atoms with van der Waals surface area (Å²) >= 11 is 3.56. The van der Waals surface area contributed by atoms with Gasteiger partial charge in [-0.3, -0.25) is 0 Å². The summed E-state index contributed by atoms with van der Waals surface area (Å²) in [5.74, 6) is 0.763. The molecule has 21 heavy (non-hydrogen) atoms. The first-order valence-corrected chi connectivity index (χ1v) is 7.70. The Morgan fingerprint density at radius 2 is 2.00 bits per heavy atom. The van der Waals surface area contributed by atoms with Gasteiger partial charge in [0, 0.05) is 35.9 Å². The molecule has 0 aliphatic heterocycles. The van der Waals surface area contributed by atoms with Crippen LogP contribution < -0.4 is 5.32 Å². The van der Waals surface area contributed by atoms with Crippen molar-refractivity contribution < 1.29 is 4.74 Å². The molecule has 2 rings (SSSR count). The number of aryl methyl sites for hydroxylation is 2. The largest absolute Gasteiger partial charge is 0.383 e. The Balaban J connectivity index is 2.19. The van der Waals surface area contributed by atoms with Crippen molar-refractivity contribution in [2.75, 3.05) is 20.3 Å². The minimum Gasteiger partial charge on any atom is -0.383 e. The molecule has 4 nitrogen and oxygen atoms in total. The first kappa shape index (κ1) is 16.1. The maximum absolute atomic E-state index is 5.02. The lowest BCUT2D eigenvalue weighted by Gasteiger charge is -2.08. The summed E-state index contributed by atoms with van der Waals surface area (Å²) in [7, 11) is 1.70. The maximum Gasteiger partial charge on any atom is 0.159 e. The zero-order valence-corrected chi connectivity index (χ0v) is 14.2. The molecule has 0 saturated heterocycles. The Bertz CT molecular complexity index is 616. The number of methoxy groups -OCH3 is 1. The van der Waals surface area contributed by atoms with Gasteiger partial charge in [0.25, 0.3) is 0 Å². The van der Waals surface area contributed by atoms with Crippen LogP contribution in [0.1, 0.15) is 17.0 Å². The number of hydrogen-bond donors (Lipinski definition) is 1. The summed E-state index contributed by atoms with van der Waals surface area (Å²) < 4.78 is 6.09. The molecule has 0 bridgehead atoms. The van der Waals surface area contributed by atoms with Gasteiger partial charge >= 0.3 is 0 Å². The van der Waals surface area contributed by atoms with Crippen molar-refractivity contribution in [3.8, 4) is 11.4 Å². The summed E-state index contributed by atoms with van der Waals surface area (Å²) in [6.45, 7) is 6.28. The highest BCUT2D eigenvalue weighted by Gasteiger charge is 2.06. The van der Waals surface area contributed by atoms with Gasteiger partial charge in [-0.1, -0.05) is 28.1 Å². The molecule has 0 radical (unpaired) electrons. The van der Waals surface area contributed by atoms with Gasteiger partial charge in [-0.05, 0) is 31.5 Å². The number of benzene rings is 1. The van der Waals surface area contributed by atoms with Crippen LogP contribution in [-0.4, -0.2) is 30.2 Å². The minimum absolute atomic E-state index is 0.696. The van der Waals surface area contributed by atoms with Crippen LogP contribution in [-0.2, 0) is 11.3 Å². The molecule has 0 spiro atoms. The molecule has 0 fully saturated rings. The predicted octanol–water partition coefficient (Wildman–Crippen LogP) is 3.26. The molecular formula is C16H20BrN3O. The highest BCUT2D eigenvalue weighted by Crippen LogP contribution is 2.23. The van der Waals surface area contributed by atoms with Gasteiger partial charge in [0.2, 0.25) is 0 Å². The summed E-state index contributed by atoms with van der Waals surface area (Å²) in [5, 5.41) is 3.30. The third-order valence-corrected chi connectivity index (χ3v) is 3.98. The molecule has 0 aliphatic rings. The third-order valence-electron chi connectivity index (χ3n) is 3.13.